The minimum atomic E-state index is -0.0386. The minimum absolute atomic E-state index is 0.0386. The van der Waals surface area contributed by atoms with E-state index in [0.717, 1.165) is 18.8 Å². The lowest BCUT2D eigenvalue weighted by molar-refractivity contribution is 0.0938. The molecule has 1 saturated heterocycles. The van der Waals surface area contributed by atoms with Crippen molar-refractivity contribution in [3.05, 3.63) is 83.7 Å². The van der Waals surface area contributed by atoms with E-state index in [1.54, 1.807) is 10.9 Å². The van der Waals surface area contributed by atoms with Crippen LogP contribution >= 0.6 is 0 Å². The third-order valence-electron chi connectivity index (χ3n) is 5.40. The Morgan fingerprint density at radius 3 is 2.43 bits per heavy atom. The number of benzene rings is 2. The molecule has 0 radical (unpaired) electrons. The van der Waals surface area contributed by atoms with E-state index in [0.29, 0.717) is 12.1 Å². The van der Waals surface area contributed by atoms with Gasteiger partial charge >= 0.3 is 0 Å². The minimum Gasteiger partial charge on any atom is -0.350 e. The van der Waals surface area contributed by atoms with Crippen LogP contribution in [0.15, 0.2) is 67.0 Å². The number of rotatable bonds is 6. The van der Waals surface area contributed by atoms with Crippen LogP contribution in [0.2, 0.25) is 0 Å². The molecule has 0 saturated carbocycles. The Morgan fingerprint density at radius 2 is 1.79 bits per heavy atom. The van der Waals surface area contributed by atoms with Crippen LogP contribution in [-0.4, -0.2) is 40.2 Å². The standard InChI is InChI=1S/C23H26N4O/c1-18-5-7-19(8-6-18)22(26-14-2-3-15-26)17-24-23(28)20-9-11-21(12-10-20)27-16-4-13-25-27/h4-13,16,22H,2-3,14-15,17H2,1H3,(H,24,28). The number of amides is 1. The number of nitrogens with one attached hydrogen (secondary N) is 1. The molecule has 2 aromatic carbocycles. The van der Waals surface area contributed by atoms with Gasteiger partial charge < -0.3 is 5.32 Å². The summed E-state index contributed by atoms with van der Waals surface area (Å²) in [6.45, 7) is 4.89. The first-order valence-corrected chi connectivity index (χ1v) is 9.89. The molecule has 1 aliphatic rings. The zero-order valence-corrected chi connectivity index (χ0v) is 16.2. The highest BCUT2D eigenvalue weighted by Gasteiger charge is 2.24. The Labute approximate surface area is 166 Å². The van der Waals surface area contributed by atoms with Crippen molar-refractivity contribution >= 4 is 5.91 Å². The monoisotopic (exact) mass is 374 g/mol. The van der Waals surface area contributed by atoms with E-state index in [1.165, 1.54) is 24.0 Å². The van der Waals surface area contributed by atoms with E-state index in [4.69, 9.17) is 0 Å². The first-order chi connectivity index (χ1) is 13.7. The summed E-state index contributed by atoms with van der Waals surface area (Å²) in [6.07, 6.45) is 6.08. The van der Waals surface area contributed by atoms with Crippen LogP contribution in [0.25, 0.3) is 5.69 Å². The van der Waals surface area contributed by atoms with Gasteiger partial charge in [-0.1, -0.05) is 29.8 Å². The second kappa shape index (κ2) is 8.40. The molecule has 1 fully saturated rings. The highest BCUT2D eigenvalue weighted by Crippen LogP contribution is 2.25. The number of hydrogen-bond donors (Lipinski definition) is 1. The van der Waals surface area contributed by atoms with E-state index < -0.39 is 0 Å². The third-order valence-corrected chi connectivity index (χ3v) is 5.40. The molecular weight excluding hydrogens is 348 g/mol. The van der Waals surface area contributed by atoms with Crippen LogP contribution in [0.5, 0.6) is 0 Å². The molecule has 2 heterocycles. The summed E-state index contributed by atoms with van der Waals surface area (Å²) in [5.74, 6) is -0.0386. The number of aryl methyl sites for hydroxylation is 1. The summed E-state index contributed by atoms with van der Waals surface area (Å²) < 4.78 is 1.78. The number of nitrogens with zero attached hydrogens (tertiary/aromatic N) is 3. The third kappa shape index (κ3) is 4.15. The van der Waals surface area contributed by atoms with E-state index in [9.17, 15) is 4.79 Å². The summed E-state index contributed by atoms with van der Waals surface area (Å²) in [6, 6.07) is 18.3. The quantitative estimate of drug-likeness (QED) is 0.715. The topological polar surface area (TPSA) is 50.2 Å². The van der Waals surface area contributed by atoms with E-state index in [2.05, 4.69) is 46.5 Å². The van der Waals surface area contributed by atoms with E-state index in [-0.39, 0.29) is 11.9 Å². The van der Waals surface area contributed by atoms with Crippen molar-refractivity contribution in [2.45, 2.75) is 25.8 Å². The summed E-state index contributed by atoms with van der Waals surface area (Å²) in [4.78, 5) is 15.2. The van der Waals surface area contributed by atoms with Crippen LogP contribution in [0, 0.1) is 6.92 Å². The molecular formula is C23H26N4O. The molecule has 1 atom stereocenters. The second-order valence-electron chi connectivity index (χ2n) is 7.38. The van der Waals surface area contributed by atoms with Gasteiger partial charge in [-0.25, -0.2) is 4.68 Å². The van der Waals surface area contributed by atoms with Crippen molar-refractivity contribution < 1.29 is 4.79 Å². The van der Waals surface area contributed by atoms with Crippen molar-refractivity contribution in [2.24, 2.45) is 0 Å². The van der Waals surface area contributed by atoms with Crippen LogP contribution < -0.4 is 5.32 Å². The Balaban J connectivity index is 1.44. The second-order valence-corrected chi connectivity index (χ2v) is 7.38. The molecule has 1 aliphatic heterocycles. The smallest absolute Gasteiger partial charge is 0.251 e. The number of carbonyl (C=O) groups is 1. The predicted octanol–water partition coefficient (Wildman–Crippen LogP) is 3.75. The van der Waals surface area contributed by atoms with Gasteiger partial charge in [-0.15, -0.1) is 0 Å². The van der Waals surface area contributed by atoms with E-state index >= 15 is 0 Å². The fraction of sp³-hybridized carbons (Fsp3) is 0.304. The number of carbonyl (C=O) groups excluding carboxylic acids is 1. The average Bonchev–Trinajstić information content (AvgIpc) is 3.44. The predicted molar refractivity (Wildman–Crippen MR) is 111 cm³/mol. The molecule has 144 valence electrons. The van der Waals surface area contributed by atoms with Crippen molar-refractivity contribution in [3.8, 4) is 5.69 Å². The maximum Gasteiger partial charge on any atom is 0.251 e. The summed E-state index contributed by atoms with van der Waals surface area (Å²) in [7, 11) is 0. The normalized spacial score (nSPS) is 15.5. The summed E-state index contributed by atoms with van der Waals surface area (Å²) >= 11 is 0. The zero-order valence-electron chi connectivity index (χ0n) is 16.2. The van der Waals surface area contributed by atoms with Crippen LogP contribution in [0.3, 0.4) is 0 Å². The molecule has 0 bridgehead atoms. The molecule has 0 aliphatic carbocycles. The molecule has 5 nitrogen and oxygen atoms in total. The van der Waals surface area contributed by atoms with Gasteiger partial charge in [0.05, 0.1) is 11.7 Å². The molecule has 1 amide bonds. The fourth-order valence-corrected chi connectivity index (χ4v) is 3.78. The van der Waals surface area contributed by atoms with Gasteiger partial charge in [0.2, 0.25) is 0 Å². The summed E-state index contributed by atoms with van der Waals surface area (Å²) in [5, 5.41) is 7.36. The maximum absolute atomic E-state index is 12.7. The van der Waals surface area contributed by atoms with Crippen molar-refractivity contribution in [1.82, 2.24) is 20.0 Å². The van der Waals surface area contributed by atoms with Crippen molar-refractivity contribution in [2.75, 3.05) is 19.6 Å². The molecule has 1 N–H and O–H groups in total. The Bertz CT molecular complexity index is 895. The fourth-order valence-electron chi connectivity index (χ4n) is 3.78. The first kappa shape index (κ1) is 18.4. The molecule has 5 heteroatoms. The maximum atomic E-state index is 12.7. The highest BCUT2D eigenvalue weighted by molar-refractivity contribution is 5.94. The van der Waals surface area contributed by atoms with Gasteiger partial charge in [-0.3, -0.25) is 9.69 Å². The van der Waals surface area contributed by atoms with Gasteiger partial charge in [0, 0.05) is 24.5 Å². The SMILES string of the molecule is Cc1ccc(C(CNC(=O)c2ccc(-n3cccn3)cc2)N2CCCC2)cc1. The molecule has 0 spiro atoms. The van der Waals surface area contributed by atoms with Crippen LogP contribution in [0.4, 0.5) is 0 Å². The van der Waals surface area contributed by atoms with Gasteiger partial charge in [-0.05, 0) is 68.8 Å². The number of aromatic nitrogens is 2. The van der Waals surface area contributed by atoms with Gasteiger partial charge in [0.25, 0.3) is 5.91 Å². The van der Waals surface area contributed by atoms with Crippen molar-refractivity contribution in [1.29, 1.82) is 0 Å². The lowest BCUT2D eigenvalue weighted by Crippen LogP contribution is -2.36. The highest BCUT2D eigenvalue weighted by atomic mass is 16.1. The van der Waals surface area contributed by atoms with Crippen LogP contribution in [-0.2, 0) is 0 Å². The number of hydrogen-bond acceptors (Lipinski definition) is 3. The Hall–Kier alpha value is -2.92. The van der Waals surface area contributed by atoms with Gasteiger partial charge in [0.15, 0.2) is 0 Å². The molecule has 3 aromatic rings. The number of likely N-dealkylation sites (tertiary alicyclic amines) is 1. The molecule has 4 rings (SSSR count). The largest absolute Gasteiger partial charge is 0.350 e. The first-order valence-electron chi connectivity index (χ1n) is 9.89. The Kier molecular flexibility index (Phi) is 5.53. The van der Waals surface area contributed by atoms with Gasteiger partial charge in [-0.2, -0.15) is 5.10 Å². The summed E-state index contributed by atoms with van der Waals surface area (Å²) in [5.41, 5.74) is 4.13. The molecule has 1 unspecified atom stereocenters. The average molecular weight is 374 g/mol. The lowest BCUT2D eigenvalue weighted by Gasteiger charge is -2.28. The molecule has 1 aromatic heterocycles. The zero-order chi connectivity index (χ0) is 19.3. The van der Waals surface area contributed by atoms with Gasteiger partial charge in [0.1, 0.15) is 0 Å². The van der Waals surface area contributed by atoms with E-state index in [1.807, 2.05) is 36.5 Å². The van der Waals surface area contributed by atoms with Crippen molar-refractivity contribution in [3.63, 3.8) is 0 Å². The molecule has 28 heavy (non-hydrogen) atoms. The lowest BCUT2D eigenvalue weighted by atomic mass is 10.0. The van der Waals surface area contributed by atoms with Crippen LogP contribution in [0.1, 0.15) is 40.4 Å². The Morgan fingerprint density at radius 1 is 1.07 bits per heavy atom.